The van der Waals surface area contributed by atoms with Crippen LogP contribution in [0.3, 0.4) is 0 Å². The van der Waals surface area contributed by atoms with Crippen LogP contribution >= 0.6 is 0 Å². The monoisotopic (exact) mass is 504 g/mol. The van der Waals surface area contributed by atoms with Gasteiger partial charge in [0.2, 0.25) is 9.84 Å². The number of carbonyl (C=O) groups excluding carboxylic acids is 2. The van der Waals surface area contributed by atoms with Crippen LogP contribution in [0.5, 0.6) is 5.75 Å². The van der Waals surface area contributed by atoms with Crippen molar-refractivity contribution in [1.29, 1.82) is 0 Å². The zero-order valence-electron chi connectivity index (χ0n) is 18.4. The molecule has 1 aromatic heterocycles. The van der Waals surface area contributed by atoms with Crippen LogP contribution in [0.25, 0.3) is 11.4 Å². The summed E-state index contributed by atoms with van der Waals surface area (Å²) in [6.07, 6.45) is 2.85. The summed E-state index contributed by atoms with van der Waals surface area (Å²) in [5, 5.41) is 14.6. The molecule has 0 radical (unpaired) electrons. The second kappa shape index (κ2) is 8.86. The molecule has 0 saturated carbocycles. The number of nitrogens with zero attached hydrogens (tertiary/aromatic N) is 2. The number of aromatic hydroxyl groups is 1. The van der Waals surface area contributed by atoms with Gasteiger partial charge < -0.3 is 15.7 Å². The summed E-state index contributed by atoms with van der Waals surface area (Å²) in [4.78, 5) is 33.3. The van der Waals surface area contributed by atoms with Gasteiger partial charge in [-0.25, -0.2) is 22.8 Å². The van der Waals surface area contributed by atoms with E-state index in [9.17, 15) is 27.5 Å². The summed E-state index contributed by atoms with van der Waals surface area (Å²) in [7, 11) is -3.97. The third-order valence-electron chi connectivity index (χ3n) is 5.55. The number of sulfone groups is 1. The Morgan fingerprint density at radius 3 is 2.47 bits per heavy atom. The van der Waals surface area contributed by atoms with Gasteiger partial charge in [-0.05, 0) is 42.5 Å². The van der Waals surface area contributed by atoms with Crippen molar-refractivity contribution in [2.24, 2.45) is 0 Å². The van der Waals surface area contributed by atoms with Gasteiger partial charge in [-0.2, -0.15) is 0 Å². The summed E-state index contributed by atoms with van der Waals surface area (Å²) >= 11 is 0. The maximum Gasteiger partial charge on any atom is 0.257 e. The van der Waals surface area contributed by atoms with E-state index in [0.29, 0.717) is 5.56 Å². The number of rotatable bonds is 4. The van der Waals surface area contributed by atoms with Gasteiger partial charge >= 0.3 is 0 Å². The van der Waals surface area contributed by atoms with Gasteiger partial charge in [0.25, 0.3) is 11.8 Å². The molecule has 0 atom stereocenters. The molecule has 0 aliphatic carbocycles. The van der Waals surface area contributed by atoms with Gasteiger partial charge in [-0.1, -0.05) is 12.1 Å². The number of nitrogens with one attached hydrogen (secondary N) is 2. The number of phenols is 1. The highest BCUT2D eigenvalue weighted by atomic mass is 32.2. The standard InChI is InChI=1S/C25H17FN4O5S/c26-19-10-16(31)6-7-17(19)23-27-11-14(12-28-23)13-29-24(32)15-5-8-22-20(9-15)30-25(33)18-3-1-2-4-21(18)36(22,34)35/h1-12,31H,13H2,(H,29,32)(H,30,33). The van der Waals surface area contributed by atoms with Crippen LogP contribution in [-0.2, 0) is 16.4 Å². The van der Waals surface area contributed by atoms with E-state index in [1.165, 1.54) is 60.9 Å². The van der Waals surface area contributed by atoms with E-state index in [2.05, 4.69) is 20.6 Å². The predicted octanol–water partition coefficient (Wildman–Crippen LogP) is 3.32. The van der Waals surface area contributed by atoms with E-state index >= 15 is 0 Å². The lowest BCUT2D eigenvalue weighted by atomic mass is 10.1. The number of aromatic nitrogens is 2. The van der Waals surface area contributed by atoms with E-state index in [0.717, 1.165) is 6.07 Å². The molecule has 0 bridgehead atoms. The summed E-state index contributed by atoms with van der Waals surface area (Å²) in [5.41, 5.74) is 0.821. The third-order valence-corrected chi connectivity index (χ3v) is 7.42. The number of halogens is 1. The highest BCUT2D eigenvalue weighted by Crippen LogP contribution is 2.34. The van der Waals surface area contributed by atoms with E-state index in [1.807, 2.05) is 0 Å². The summed E-state index contributed by atoms with van der Waals surface area (Å²) in [6, 6.07) is 13.5. The molecular formula is C25H17FN4O5S. The third kappa shape index (κ3) is 4.16. The molecule has 36 heavy (non-hydrogen) atoms. The Morgan fingerprint density at radius 1 is 0.972 bits per heavy atom. The van der Waals surface area contributed by atoms with Crippen molar-refractivity contribution in [3.05, 3.63) is 95.6 Å². The number of amides is 2. The van der Waals surface area contributed by atoms with Gasteiger partial charge in [0.05, 0.1) is 26.6 Å². The van der Waals surface area contributed by atoms with Crippen molar-refractivity contribution in [2.75, 3.05) is 5.32 Å². The Labute approximate surface area is 204 Å². The van der Waals surface area contributed by atoms with Crippen molar-refractivity contribution in [1.82, 2.24) is 15.3 Å². The minimum Gasteiger partial charge on any atom is -0.508 e. The van der Waals surface area contributed by atoms with E-state index in [4.69, 9.17) is 0 Å². The van der Waals surface area contributed by atoms with Gasteiger partial charge in [0, 0.05) is 36.1 Å². The Balaban J connectivity index is 1.33. The lowest BCUT2D eigenvalue weighted by Gasteiger charge is -2.10. The molecule has 9 nitrogen and oxygen atoms in total. The SMILES string of the molecule is O=C(NCc1cnc(-c2ccc(O)cc2F)nc1)c1ccc2c(c1)NC(=O)c1ccccc1S2(=O)=O. The lowest BCUT2D eigenvalue weighted by Crippen LogP contribution is -2.23. The molecule has 0 fully saturated rings. The number of anilines is 1. The Kier molecular flexibility index (Phi) is 5.69. The van der Waals surface area contributed by atoms with Crippen LogP contribution in [0.15, 0.2) is 82.8 Å². The predicted molar refractivity (Wildman–Crippen MR) is 127 cm³/mol. The first-order valence-corrected chi connectivity index (χ1v) is 12.1. The van der Waals surface area contributed by atoms with Crippen LogP contribution in [-0.4, -0.2) is 35.3 Å². The molecule has 11 heteroatoms. The molecule has 0 saturated heterocycles. The van der Waals surface area contributed by atoms with Crippen molar-refractivity contribution in [2.45, 2.75) is 16.3 Å². The molecule has 180 valence electrons. The van der Waals surface area contributed by atoms with Crippen LogP contribution in [0.4, 0.5) is 10.1 Å². The topological polar surface area (TPSA) is 138 Å². The van der Waals surface area contributed by atoms with E-state index in [1.54, 1.807) is 6.07 Å². The molecule has 0 unspecified atom stereocenters. The van der Waals surface area contributed by atoms with Crippen molar-refractivity contribution < 1.29 is 27.5 Å². The number of hydrogen-bond donors (Lipinski definition) is 3. The normalized spacial score (nSPS) is 13.6. The number of fused-ring (bicyclic) bond motifs is 2. The summed E-state index contributed by atoms with van der Waals surface area (Å²) in [6.45, 7) is 0.0460. The molecule has 3 aromatic carbocycles. The highest BCUT2D eigenvalue weighted by Gasteiger charge is 2.31. The molecule has 5 rings (SSSR count). The summed E-state index contributed by atoms with van der Waals surface area (Å²) in [5.74, 6) is -1.87. The second-order valence-electron chi connectivity index (χ2n) is 7.93. The molecule has 3 N–H and O–H groups in total. The molecule has 1 aliphatic heterocycles. The minimum absolute atomic E-state index is 0.00691. The fourth-order valence-electron chi connectivity index (χ4n) is 3.75. The van der Waals surface area contributed by atoms with E-state index < -0.39 is 27.5 Å². The highest BCUT2D eigenvalue weighted by molar-refractivity contribution is 7.91. The van der Waals surface area contributed by atoms with Gasteiger partial charge in [0.15, 0.2) is 5.82 Å². The van der Waals surface area contributed by atoms with Gasteiger partial charge in [-0.3, -0.25) is 9.59 Å². The molecule has 0 spiro atoms. The minimum atomic E-state index is -3.97. The summed E-state index contributed by atoms with van der Waals surface area (Å²) < 4.78 is 40.2. The average Bonchev–Trinajstić information content (AvgIpc) is 2.95. The van der Waals surface area contributed by atoms with Crippen LogP contribution in [0, 0.1) is 5.82 Å². The largest absolute Gasteiger partial charge is 0.508 e. The van der Waals surface area contributed by atoms with Gasteiger partial charge in [-0.15, -0.1) is 0 Å². The first kappa shape index (κ1) is 23.1. The molecule has 2 amide bonds. The fraction of sp³-hybridized carbons (Fsp3) is 0.0400. The van der Waals surface area contributed by atoms with Crippen molar-refractivity contribution >= 4 is 27.3 Å². The second-order valence-corrected chi connectivity index (χ2v) is 9.81. The van der Waals surface area contributed by atoms with Gasteiger partial charge in [0.1, 0.15) is 11.6 Å². The average molecular weight is 504 g/mol. The maximum atomic E-state index is 14.0. The van der Waals surface area contributed by atoms with E-state index in [-0.39, 0.29) is 50.3 Å². The maximum absolute atomic E-state index is 14.0. The molecule has 1 aliphatic rings. The molecular weight excluding hydrogens is 487 g/mol. The first-order chi connectivity index (χ1) is 17.2. The zero-order chi connectivity index (χ0) is 25.4. The van der Waals surface area contributed by atoms with Crippen LogP contribution in [0.1, 0.15) is 26.3 Å². The smallest absolute Gasteiger partial charge is 0.257 e. The fourth-order valence-corrected chi connectivity index (χ4v) is 5.35. The Hall–Kier alpha value is -4.64. The van der Waals surface area contributed by atoms with Crippen LogP contribution < -0.4 is 10.6 Å². The van der Waals surface area contributed by atoms with Crippen molar-refractivity contribution in [3.63, 3.8) is 0 Å². The number of hydrogen-bond acceptors (Lipinski definition) is 7. The number of carbonyl (C=O) groups is 2. The first-order valence-electron chi connectivity index (χ1n) is 10.6. The zero-order valence-corrected chi connectivity index (χ0v) is 19.2. The van der Waals surface area contributed by atoms with Crippen LogP contribution in [0.2, 0.25) is 0 Å². The Bertz CT molecular complexity index is 1640. The lowest BCUT2D eigenvalue weighted by molar-refractivity contribution is 0.0949. The quantitative estimate of drug-likeness (QED) is 0.388. The number of phenolic OH excluding ortho intramolecular Hbond substituents is 1. The number of benzene rings is 3. The molecule has 4 aromatic rings. The molecule has 2 heterocycles. The Morgan fingerprint density at radius 2 is 1.72 bits per heavy atom. The van der Waals surface area contributed by atoms with Crippen molar-refractivity contribution in [3.8, 4) is 17.1 Å².